The molecule has 2 N–H and O–H groups in total. The summed E-state index contributed by atoms with van der Waals surface area (Å²) in [6, 6.07) is 3.77. The van der Waals surface area contributed by atoms with Crippen LogP contribution < -0.4 is 10.5 Å². The average Bonchev–Trinajstić information content (AvgIpc) is 2.78. The molecule has 0 amide bonds. The van der Waals surface area contributed by atoms with Gasteiger partial charge in [-0.1, -0.05) is 6.07 Å². The number of nitrogen functional groups attached to an aromatic ring is 1. The lowest BCUT2D eigenvalue weighted by Gasteiger charge is -2.07. The fourth-order valence-corrected chi connectivity index (χ4v) is 1.94. The van der Waals surface area contributed by atoms with Crippen molar-refractivity contribution in [3.8, 4) is 11.6 Å². The highest BCUT2D eigenvalue weighted by Crippen LogP contribution is 2.27. The number of benzene rings is 1. The van der Waals surface area contributed by atoms with Crippen LogP contribution in [0.5, 0.6) is 5.88 Å². The molecular weight excluding hydrogens is 268 g/mol. The molecule has 1 aromatic carbocycles. The molecule has 20 heavy (non-hydrogen) atoms. The van der Waals surface area contributed by atoms with Gasteiger partial charge in [-0.2, -0.15) is 4.98 Å². The Balaban J connectivity index is 2.37. The normalized spacial score (nSPS) is 10.9. The molecule has 3 rings (SSSR count). The van der Waals surface area contributed by atoms with Crippen molar-refractivity contribution >= 4 is 17.1 Å². The number of halogens is 2. The molecule has 6 nitrogen and oxygen atoms in total. The van der Waals surface area contributed by atoms with E-state index >= 15 is 0 Å². The molecule has 2 aromatic heterocycles. The van der Waals surface area contributed by atoms with E-state index in [-0.39, 0.29) is 28.7 Å². The van der Waals surface area contributed by atoms with Crippen LogP contribution >= 0.6 is 0 Å². The van der Waals surface area contributed by atoms with Crippen LogP contribution in [0.4, 0.5) is 14.7 Å². The van der Waals surface area contributed by atoms with Crippen molar-refractivity contribution in [2.45, 2.75) is 0 Å². The lowest BCUT2D eigenvalue weighted by molar-refractivity contribution is 0.401. The molecule has 8 heteroatoms. The Morgan fingerprint density at radius 1 is 1.25 bits per heavy atom. The first-order chi connectivity index (χ1) is 9.63. The molecule has 0 aliphatic heterocycles. The minimum absolute atomic E-state index is 0.0386. The Hall–Kier alpha value is -2.77. The summed E-state index contributed by atoms with van der Waals surface area (Å²) in [5.41, 5.74) is 6.20. The van der Waals surface area contributed by atoms with Gasteiger partial charge in [-0.25, -0.2) is 18.7 Å². The van der Waals surface area contributed by atoms with Crippen molar-refractivity contribution in [2.75, 3.05) is 12.8 Å². The predicted octanol–water partition coefficient (Wildman–Crippen LogP) is 1.68. The van der Waals surface area contributed by atoms with Crippen molar-refractivity contribution < 1.29 is 13.5 Å². The SMILES string of the molecule is COc1ncnc2c1nc(N)n2-c1cccc(F)c1F. The fraction of sp³-hybridized carbons (Fsp3) is 0.0833. The molecule has 0 saturated carbocycles. The summed E-state index contributed by atoms with van der Waals surface area (Å²) in [4.78, 5) is 11.9. The summed E-state index contributed by atoms with van der Waals surface area (Å²) in [6.07, 6.45) is 1.23. The van der Waals surface area contributed by atoms with Crippen LogP contribution in [-0.2, 0) is 0 Å². The van der Waals surface area contributed by atoms with Crippen molar-refractivity contribution in [1.82, 2.24) is 19.5 Å². The Kier molecular flexibility index (Phi) is 2.70. The number of nitrogens with zero attached hydrogens (tertiary/aromatic N) is 4. The summed E-state index contributed by atoms with van der Waals surface area (Å²) < 4.78 is 33.5. The number of hydrogen-bond donors (Lipinski definition) is 1. The molecule has 0 spiro atoms. The van der Waals surface area contributed by atoms with Crippen molar-refractivity contribution in [2.24, 2.45) is 0 Å². The maximum atomic E-state index is 13.9. The molecule has 2 heterocycles. The number of aromatic nitrogens is 4. The zero-order valence-electron chi connectivity index (χ0n) is 10.3. The number of rotatable bonds is 2. The second-order valence-electron chi connectivity index (χ2n) is 3.93. The van der Waals surface area contributed by atoms with Gasteiger partial charge in [0.05, 0.1) is 12.8 Å². The summed E-state index contributed by atoms with van der Waals surface area (Å²) in [5, 5.41) is 0. The van der Waals surface area contributed by atoms with Gasteiger partial charge in [0, 0.05) is 0 Å². The smallest absolute Gasteiger partial charge is 0.245 e. The molecule has 3 aromatic rings. The third kappa shape index (κ3) is 1.65. The Morgan fingerprint density at radius 3 is 2.80 bits per heavy atom. The molecule has 0 saturated heterocycles. The average molecular weight is 277 g/mol. The maximum absolute atomic E-state index is 13.9. The quantitative estimate of drug-likeness (QED) is 0.771. The molecule has 0 unspecified atom stereocenters. The van der Waals surface area contributed by atoms with Gasteiger partial charge < -0.3 is 10.5 Å². The van der Waals surface area contributed by atoms with Gasteiger partial charge in [-0.15, -0.1) is 0 Å². The lowest BCUT2D eigenvalue weighted by Crippen LogP contribution is -2.05. The van der Waals surface area contributed by atoms with E-state index in [0.29, 0.717) is 0 Å². The van der Waals surface area contributed by atoms with Crippen molar-refractivity contribution in [3.05, 3.63) is 36.2 Å². The highest BCUT2D eigenvalue weighted by atomic mass is 19.2. The van der Waals surface area contributed by atoms with Crippen LogP contribution in [-0.4, -0.2) is 26.6 Å². The summed E-state index contributed by atoms with van der Waals surface area (Å²) in [6.45, 7) is 0. The zero-order valence-corrected chi connectivity index (χ0v) is 10.3. The van der Waals surface area contributed by atoms with E-state index in [1.165, 1.54) is 30.1 Å². The predicted molar refractivity (Wildman–Crippen MR) is 67.5 cm³/mol. The van der Waals surface area contributed by atoms with E-state index in [0.717, 1.165) is 6.07 Å². The molecule has 0 fully saturated rings. The van der Waals surface area contributed by atoms with Gasteiger partial charge in [-0.05, 0) is 12.1 Å². The van der Waals surface area contributed by atoms with Gasteiger partial charge in [0.2, 0.25) is 11.8 Å². The van der Waals surface area contributed by atoms with Crippen molar-refractivity contribution in [3.63, 3.8) is 0 Å². The lowest BCUT2D eigenvalue weighted by atomic mass is 10.3. The first-order valence-corrected chi connectivity index (χ1v) is 5.60. The van der Waals surface area contributed by atoms with E-state index < -0.39 is 11.6 Å². The Morgan fingerprint density at radius 2 is 2.05 bits per heavy atom. The molecule has 0 aliphatic carbocycles. The topological polar surface area (TPSA) is 78.8 Å². The van der Waals surface area contributed by atoms with E-state index in [4.69, 9.17) is 10.5 Å². The minimum atomic E-state index is -1.03. The van der Waals surface area contributed by atoms with E-state index in [9.17, 15) is 8.78 Å². The van der Waals surface area contributed by atoms with E-state index in [1.54, 1.807) is 0 Å². The van der Waals surface area contributed by atoms with Gasteiger partial charge >= 0.3 is 0 Å². The maximum Gasteiger partial charge on any atom is 0.245 e. The second-order valence-corrected chi connectivity index (χ2v) is 3.93. The van der Waals surface area contributed by atoms with E-state index in [1.807, 2.05) is 0 Å². The summed E-state index contributed by atoms with van der Waals surface area (Å²) in [5.74, 6) is -1.85. The third-order valence-electron chi connectivity index (χ3n) is 2.80. The van der Waals surface area contributed by atoms with Crippen LogP contribution in [0, 0.1) is 11.6 Å². The van der Waals surface area contributed by atoms with E-state index in [2.05, 4.69) is 15.0 Å². The van der Waals surface area contributed by atoms with Crippen molar-refractivity contribution in [1.29, 1.82) is 0 Å². The number of fused-ring (bicyclic) bond motifs is 1. The van der Waals surface area contributed by atoms with Crippen LogP contribution in [0.1, 0.15) is 0 Å². The molecule has 102 valence electrons. The first kappa shape index (κ1) is 12.3. The highest BCUT2D eigenvalue weighted by molar-refractivity contribution is 5.81. The van der Waals surface area contributed by atoms with Crippen LogP contribution in [0.25, 0.3) is 16.9 Å². The number of nitrogens with two attached hydrogens (primary N) is 1. The molecule has 0 radical (unpaired) electrons. The molecule has 0 atom stereocenters. The standard InChI is InChI=1S/C12H9F2N5O/c1-20-11-9-10(16-5-17-11)19(12(15)18-9)7-4-2-3-6(13)8(7)14/h2-5H,1H3,(H2,15,18). The van der Waals surface area contributed by atoms with Gasteiger partial charge in [0.1, 0.15) is 6.33 Å². The van der Waals surface area contributed by atoms with Gasteiger partial charge in [0.15, 0.2) is 22.8 Å². The fourth-order valence-electron chi connectivity index (χ4n) is 1.94. The zero-order chi connectivity index (χ0) is 14.3. The van der Waals surface area contributed by atoms with Crippen LogP contribution in [0.15, 0.2) is 24.5 Å². The van der Waals surface area contributed by atoms with Crippen LogP contribution in [0.3, 0.4) is 0 Å². The number of ether oxygens (including phenoxy) is 1. The van der Waals surface area contributed by atoms with Gasteiger partial charge in [0.25, 0.3) is 0 Å². The highest BCUT2D eigenvalue weighted by Gasteiger charge is 2.19. The Bertz CT molecular complexity index is 802. The number of methoxy groups -OCH3 is 1. The largest absolute Gasteiger partial charge is 0.479 e. The number of anilines is 1. The minimum Gasteiger partial charge on any atom is -0.479 e. The second kappa shape index (κ2) is 4.41. The van der Waals surface area contributed by atoms with Crippen LogP contribution in [0.2, 0.25) is 0 Å². The number of imidazole rings is 1. The summed E-state index contributed by atoms with van der Waals surface area (Å²) in [7, 11) is 1.42. The third-order valence-corrected chi connectivity index (χ3v) is 2.80. The molecule has 0 aliphatic rings. The first-order valence-electron chi connectivity index (χ1n) is 5.60. The monoisotopic (exact) mass is 277 g/mol. The molecular formula is C12H9F2N5O. The van der Waals surface area contributed by atoms with Gasteiger partial charge in [-0.3, -0.25) is 4.57 Å². The Labute approximate surface area is 111 Å². The molecule has 0 bridgehead atoms. The summed E-state index contributed by atoms with van der Waals surface area (Å²) >= 11 is 0. The number of hydrogen-bond acceptors (Lipinski definition) is 5.